The van der Waals surface area contributed by atoms with E-state index in [2.05, 4.69) is 5.32 Å². The molecule has 1 N–H and O–H groups in total. The van der Waals surface area contributed by atoms with Crippen LogP contribution in [0.1, 0.15) is 18.4 Å². The fourth-order valence-electron chi connectivity index (χ4n) is 1.73. The van der Waals surface area contributed by atoms with Crippen LogP contribution in [0, 0.1) is 0 Å². The lowest BCUT2D eigenvalue weighted by molar-refractivity contribution is -0.119. The second-order valence-corrected chi connectivity index (χ2v) is 3.83. The van der Waals surface area contributed by atoms with Crippen LogP contribution >= 0.6 is 0 Å². The zero-order valence-corrected chi connectivity index (χ0v) is 9.32. The molecule has 16 heavy (non-hydrogen) atoms. The lowest BCUT2D eigenvalue weighted by Crippen LogP contribution is -2.25. The zero-order valence-electron chi connectivity index (χ0n) is 9.32. The summed E-state index contributed by atoms with van der Waals surface area (Å²) in [6, 6.07) is 7.78. The standard InChI is InChI=1S/C13H15NO2/c1-16-13-4-2-10(3-5-13)8-11-9-12(15)6-7-14-11/h2-5,8,14H,6-7,9H2,1H3. The molecule has 1 heterocycles. The van der Waals surface area contributed by atoms with Crippen molar-refractivity contribution >= 4 is 11.9 Å². The minimum atomic E-state index is 0.304. The molecule has 1 aromatic rings. The van der Waals surface area contributed by atoms with Crippen LogP contribution < -0.4 is 10.1 Å². The van der Waals surface area contributed by atoms with Gasteiger partial charge in [-0.1, -0.05) is 12.1 Å². The van der Waals surface area contributed by atoms with Crippen LogP contribution in [-0.4, -0.2) is 19.4 Å². The number of hydrogen-bond acceptors (Lipinski definition) is 3. The van der Waals surface area contributed by atoms with Gasteiger partial charge >= 0.3 is 0 Å². The van der Waals surface area contributed by atoms with Gasteiger partial charge in [0.25, 0.3) is 0 Å². The highest BCUT2D eigenvalue weighted by Gasteiger charge is 2.11. The Morgan fingerprint density at radius 2 is 2.06 bits per heavy atom. The maximum Gasteiger partial charge on any atom is 0.140 e. The van der Waals surface area contributed by atoms with Gasteiger partial charge in [0.2, 0.25) is 0 Å². The monoisotopic (exact) mass is 217 g/mol. The first-order valence-electron chi connectivity index (χ1n) is 5.38. The van der Waals surface area contributed by atoms with Gasteiger partial charge in [-0.15, -0.1) is 0 Å². The van der Waals surface area contributed by atoms with Crippen LogP contribution in [-0.2, 0) is 4.79 Å². The van der Waals surface area contributed by atoms with Gasteiger partial charge < -0.3 is 10.1 Å². The highest BCUT2D eigenvalue weighted by molar-refractivity contribution is 5.83. The van der Waals surface area contributed by atoms with Gasteiger partial charge in [-0.2, -0.15) is 0 Å². The number of rotatable bonds is 2. The van der Waals surface area contributed by atoms with Gasteiger partial charge in [0.05, 0.1) is 7.11 Å². The number of hydrogen-bond donors (Lipinski definition) is 1. The van der Waals surface area contributed by atoms with Gasteiger partial charge in [-0.3, -0.25) is 4.79 Å². The van der Waals surface area contributed by atoms with Gasteiger partial charge in [0.15, 0.2) is 0 Å². The SMILES string of the molecule is COc1ccc(C=C2CC(=O)CCN2)cc1. The Kier molecular flexibility index (Phi) is 3.25. The molecule has 0 amide bonds. The fraction of sp³-hybridized carbons (Fsp3) is 0.308. The summed E-state index contributed by atoms with van der Waals surface area (Å²) in [6.07, 6.45) is 3.17. The first-order valence-corrected chi connectivity index (χ1v) is 5.38. The molecule has 0 aliphatic carbocycles. The van der Waals surface area contributed by atoms with E-state index in [0.29, 0.717) is 18.6 Å². The summed E-state index contributed by atoms with van der Waals surface area (Å²) in [5.74, 6) is 1.15. The zero-order chi connectivity index (χ0) is 11.4. The van der Waals surface area contributed by atoms with E-state index in [1.54, 1.807) is 7.11 Å². The Morgan fingerprint density at radius 3 is 2.69 bits per heavy atom. The largest absolute Gasteiger partial charge is 0.497 e. The van der Waals surface area contributed by atoms with Crippen molar-refractivity contribution in [2.45, 2.75) is 12.8 Å². The molecule has 1 saturated heterocycles. The molecule has 0 bridgehead atoms. The Bertz CT molecular complexity index is 406. The maximum atomic E-state index is 11.3. The average Bonchev–Trinajstić information content (AvgIpc) is 2.30. The minimum Gasteiger partial charge on any atom is -0.497 e. The molecule has 0 atom stereocenters. The molecule has 0 unspecified atom stereocenters. The van der Waals surface area contributed by atoms with Gasteiger partial charge in [0, 0.05) is 25.1 Å². The number of piperidine rings is 1. The van der Waals surface area contributed by atoms with Crippen molar-refractivity contribution in [1.29, 1.82) is 0 Å². The molecule has 84 valence electrons. The lowest BCUT2D eigenvalue weighted by Gasteiger charge is -2.15. The molecule has 0 spiro atoms. The number of benzene rings is 1. The molecular weight excluding hydrogens is 202 g/mol. The van der Waals surface area contributed by atoms with Crippen molar-refractivity contribution in [1.82, 2.24) is 5.32 Å². The van der Waals surface area contributed by atoms with E-state index in [1.165, 1.54) is 0 Å². The van der Waals surface area contributed by atoms with Crippen molar-refractivity contribution in [3.8, 4) is 5.75 Å². The Balaban J connectivity index is 2.12. The van der Waals surface area contributed by atoms with Crippen LogP contribution in [0.3, 0.4) is 0 Å². The predicted octanol–water partition coefficient (Wildman–Crippen LogP) is 1.99. The normalized spacial score (nSPS) is 18.3. The van der Waals surface area contributed by atoms with E-state index < -0.39 is 0 Å². The number of carbonyl (C=O) groups excluding carboxylic acids is 1. The first-order chi connectivity index (χ1) is 7.78. The minimum absolute atomic E-state index is 0.304. The number of nitrogens with one attached hydrogen (secondary N) is 1. The summed E-state index contributed by atoms with van der Waals surface area (Å²) < 4.78 is 5.09. The van der Waals surface area contributed by atoms with E-state index in [9.17, 15) is 4.79 Å². The first kappa shape index (κ1) is 10.7. The van der Waals surface area contributed by atoms with Crippen molar-refractivity contribution in [3.05, 3.63) is 35.5 Å². The number of allylic oxidation sites excluding steroid dienone is 1. The highest BCUT2D eigenvalue weighted by atomic mass is 16.5. The number of methoxy groups -OCH3 is 1. The third-order valence-corrected chi connectivity index (χ3v) is 2.60. The second-order valence-electron chi connectivity index (χ2n) is 3.83. The van der Waals surface area contributed by atoms with Crippen LogP contribution in [0.15, 0.2) is 30.0 Å². The third kappa shape index (κ3) is 2.63. The summed E-state index contributed by atoms with van der Waals surface area (Å²) in [4.78, 5) is 11.3. The van der Waals surface area contributed by atoms with E-state index in [0.717, 1.165) is 23.6 Å². The fourth-order valence-corrected chi connectivity index (χ4v) is 1.73. The number of ketones is 1. The number of Topliss-reactive ketones (excluding diaryl/α,β-unsaturated/α-hetero) is 1. The van der Waals surface area contributed by atoms with E-state index >= 15 is 0 Å². The molecule has 0 radical (unpaired) electrons. The molecule has 0 saturated carbocycles. The highest BCUT2D eigenvalue weighted by Crippen LogP contribution is 2.16. The summed E-state index contributed by atoms with van der Waals surface area (Å²) >= 11 is 0. The molecule has 1 aliphatic rings. The van der Waals surface area contributed by atoms with Crippen molar-refractivity contribution in [2.24, 2.45) is 0 Å². The van der Waals surface area contributed by atoms with Crippen LogP contribution in [0.25, 0.3) is 6.08 Å². The lowest BCUT2D eigenvalue weighted by atomic mass is 10.1. The molecule has 1 aromatic carbocycles. The molecule has 3 heteroatoms. The Hall–Kier alpha value is -1.77. The van der Waals surface area contributed by atoms with Crippen molar-refractivity contribution in [3.63, 3.8) is 0 Å². The van der Waals surface area contributed by atoms with Crippen molar-refractivity contribution in [2.75, 3.05) is 13.7 Å². The van der Waals surface area contributed by atoms with Crippen LogP contribution in [0.4, 0.5) is 0 Å². The summed E-state index contributed by atoms with van der Waals surface area (Å²) in [7, 11) is 1.65. The van der Waals surface area contributed by atoms with Crippen LogP contribution in [0.5, 0.6) is 5.75 Å². The third-order valence-electron chi connectivity index (χ3n) is 2.60. The van der Waals surface area contributed by atoms with Gasteiger partial charge in [-0.05, 0) is 23.8 Å². The average molecular weight is 217 g/mol. The van der Waals surface area contributed by atoms with Crippen LogP contribution in [0.2, 0.25) is 0 Å². The molecule has 2 rings (SSSR count). The Morgan fingerprint density at radius 1 is 1.31 bits per heavy atom. The Labute approximate surface area is 95.1 Å². The predicted molar refractivity (Wildman–Crippen MR) is 63.2 cm³/mol. The van der Waals surface area contributed by atoms with E-state index in [4.69, 9.17) is 4.74 Å². The van der Waals surface area contributed by atoms with Gasteiger partial charge in [0.1, 0.15) is 11.5 Å². The van der Waals surface area contributed by atoms with E-state index in [-0.39, 0.29) is 0 Å². The van der Waals surface area contributed by atoms with Crippen molar-refractivity contribution < 1.29 is 9.53 Å². The molecular formula is C13H15NO2. The molecule has 1 aliphatic heterocycles. The smallest absolute Gasteiger partial charge is 0.140 e. The number of carbonyl (C=O) groups is 1. The molecule has 0 aromatic heterocycles. The maximum absolute atomic E-state index is 11.3. The summed E-state index contributed by atoms with van der Waals surface area (Å²) in [5.41, 5.74) is 2.08. The molecule has 1 fully saturated rings. The van der Waals surface area contributed by atoms with Gasteiger partial charge in [-0.25, -0.2) is 0 Å². The quantitative estimate of drug-likeness (QED) is 0.823. The van der Waals surface area contributed by atoms with E-state index in [1.807, 2.05) is 30.3 Å². The summed E-state index contributed by atoms with van der Waals surface area (Å²) in [5, 5.41) is 3.24. The number of ether oxygens (including phenoxy) is 1. The second kappa shape index (κ2) is 4.84. The topological polar surface area (TPSA) is 38.3 Å². The molecule has 3 nitrogen and oxygen atoms in total. The summed E-state index contributed by atoms with van der Waals surface area (Å²) in [6.45, 7) is 0.751.